The molecule has 1 heterocycles. The molecule has 1 fully saturated rings. The molecular weight excluding hydrogens is 110 g/mol. The number of rotatable bonds is 1. The van der Waals surface area contributed by atoms with Crippen molar-refractivity contribution in [2.75, 3.05) is 13.1 Å². The Labute approximate surface area is 57.8 Å². The van der Waals surface area contributed by atoms with Crippen molar-refractivity contribution < 1.29 is 0 Å². The molecule has 1 rings (SSSR count). The van der Waals surface area contributed by atoms with Crippen LogP contribution in [0.25, 0.3) is 0 Å². The second kappa shape index (κ2) is 2.30. The molecule has 0 unspecified atom stereocenters. The predicted octanol–water partition coefficient (Wildman–Crippen LogP) is 1.64. The van der Waals surface area contributed by atoms with Crippen LogP contribution in [-0.2, 0) is 0 Å². The molecule has 0 aliphatic carbocycles. The zero-order chi connectivity index (χ0) is 6.91. The first-order valence-corrected chi connectivity index (χ1v) is 3.90. The molecule has 0 amide bonds. The second-order valence-corrected chi connectivity index (χ2v) is 3.54. The molecular formula is C8H17N. The molecule has 0 aromatic rings. The fourth-order valence-electron chi connectivity index (χ4n) is 1.47. The maximum Gasteiger partial charge on any atom is 0.000821 e. The van der Waals surface area contributed by atoms with E-state index in [1.807, 2.05) is 0 Å². The average molecular weight is 127 g/mol. The Morgan fingerprint density at radius 2 is 2.33 bits per heavy atom. The Hall–Kier alpha value is -0.0400. The largest absolute Gasteiger partial charge is 0.316 e. The van der Waals surface area contributed by atoms with E-state index in [1.165, 1.54) is 19.5 Å². The first-order chi connectivity index (χ1) is 4.19. The van der Waals surface area contributed by atoms with Gasteiger partial charge in [-0.2, -0.15) is 0 Å². The topological polar surface area (TPSA) is 12.0 Å². The van der Waals surface area contributed by atoms with Crippen LogP contribution in [0.4, 0.5) is 0 Å². The monoisotopic (exact) mass is 127 g/mol. The Balaban J connectivity index is 2.56. The van der Waals surface area contributed by atoms with E-state index >= 15 is 0 Å². The molecule has 1 N–H and O–H groups in total. The maximum atomic E-state index is 3.41. The van der Waals surface area contributed by atoms with Gasteiger partial charge in [0.2, 0.25) is 0 Å². The molecule has 0 saturated carbocycles. The van der Waals surface area contributed by atoms with Crippen LogP contribution in [0, 0.1) is 11.3 Å². The maximum absolute atomic E-state index is 3.41. The van der Waals surface area contributed by atoms with Crippen molar-refractivity contribution in [3.8, 4) is 0 Å². The summed E-state index contributed by atoms with van der Waals surface area (Å²) in [6.07, 6.45) is 1.31. The van der Waals surface area contributed by atoms with Crippen molar-refractivity contribution in [1.82, 2.24) is 5.32 Å². The van der Waals surface area contributed by atoms with Gasteiger partial charge in [-0.05, 0) is 24.3 Å². The Kier molecular flexibility index (Phi) is 1.80. The lowest BCUT2D eigenvalue weighted by molar-refractivity contribution is 0.264. The van der Waals surface area contributed by atoms with E-state index in [0.717, 1.165) is 5.92 Å². The molecule has 2 atom stereocenters. The third-order valence-electron chi connectivity index (χ3n) is 2.98. The lowest BCUT2D eigenvalue weighted by atomic mass is 9.79. The fourth-order valence-corrected chi connectivity index (χ4v) is 1.47. The van der Waals surface area contributed by atoms with Crippen molar-refractivity contribution >= 4 is 0 Å². The molecule has 0 aromatic carbocycles. The smallest absolute Gasteiger partial charge is 0.000821 e. The first kappa shape index (κ1) is 7.07. The van der Waals surface area contributed by atoms with E-state index < -0.39 is 0 Å². The minimum Gasteiger partial charge on any atom is -0.316 e. The van der Waals surface area contributed by atoms with E-state index in [9.17, 15) is 0 Å². The summed E-state index contributed by atoms with van der Waals surface area (Å²) in [5.41, 5.74) is 0.583. The van der Waals surface area contributed by atoms with Crippen LogP contribution in [0.2, 0.25) is 0 Å². The average Bonchev–Trinajstić information content (AvgIpc) is 2.15. The van der Waals surface area contributed by atoms with Gasteiger partial charge in [0, 0.05) is 6.54 Å². The van der Waals surface area contributed by atoms with Gasteiger partial charge in [0.25, 0.3) is 0 Å². The minimum atomic E-state index is 0.583. The van der Waals surface area contributed by atoms with Crippen LogP contribution in [0.1, 0.15) is 27.2 Å². The van der Waals surface area contributed by atoms with Gasteiger partial charge in [0.05, 0.1) is 0 Å². The van der Waals surface area contributed by atoms with Crippen LogP contribution in [0.15, 0.2) is 0 Å². The van der Waals surface area contributed by atoms with Crippen molar-refractivity contribution in [2.24, 2.45) is 11.3 Å². The zero-order valence-electron chi connectivity index (χ0n) is 6.70. The van der Waals surface area contributed by atoms with Crippen molar-refractivity contribution in [3.63, 3.8) is 0 Å². The second-order valence-electron chi connectivity index (χ2n) is 3.54. The van der Waals surface area contributed by atoms with Gasteiger partial charge in [-0.3, -0.25) is 0 Å². The van der Waals surface area contributed by atoms with Gasteiger partial charge in [0.15, 0.2) is 0 Å². The molecule has 0 bridgehead atoms. The fraction of sp³-hybridized carbons (Fsp3) is 1.00. The third-order valence-corrected chi connectivity index (χ3v) is 2.98. The highest BCUT2D eigenvalue weighted by Crippen LogP contribution is 2.33. The number of nitrogens with one attached hydrogen (secondary N) is 1. The van der Waals surface area contributed by atoms with Gasteiger partial charge in [-0.25, -0.2) is 0 Å². The van der Waals surface area contributed by atoms with Crippen LogP contribution < -0.4 is 5.32 Å². The summed E-state index contributed by atoms with van der Waals surface area (Å²) in [5.74, 6) is 0.863. The summed E-state index contributed by atoms with van der Waals surface area (Å²) in [4.78, 5) is 0. The summed E-state index contributed by atoms with van der Waals surface area (Å²) in [6, 6.07) is 0. The molecule has 1 heteroatoms. The summed E-state index contributed by atoms with van der Waals surface area (Å²) >= 11 is 0. The first-order valence-electron chi connectivity index (χ1n) is 3.90. The highest BCUT2D eigenvalue weighted by Gasteiger charge is 2.33. The van der Waals surface area contributed by atoms with Crippen molar-refractivity contribution in [2.45, 2.75) is 27.2 Å². The number of hydrogen-bond donors (Lipinski definition) is 1. The summed E-state index contributed by atoms with van der Waals surface area (Å²) in [5, 5.41) is 3.41. The van der Waals surface area contributed by atoms with Gasteiger partial charge in [-0.15, -0.1) is 0 Å². The summed E-state index contributed by atoms with van der Waals surface area (Å²) in [6.45, 7) is 9.42. The molecule has 1 aliphatic rings. The lowest BCUT2D eigenvalue weighted by Crippen LogP contribution is -2.23. The molecule has 1 saturated heterocycles. The molecule has 54 valence electrons. The Bertz CT molecular complexity index is 101. The van der Waals surface area contributed by atoms with Crippen LogP contribution in [0.3, 0.4) is 0 Å². The zero-order valence-corrected chi connectivity index (χ0v) is 6.70. The van der Waals surface area contributed by atoms with E-state index in [-0.39, 0.29) is 0 Å². The van der Waals surface area contributed by atoms with E-state index in [0.29, 0.717) is 5.41 Å². The highest BCUT2D eigenvalue weighted by atomic mass is 14.9. The molecule has 9 heavy (non-hydrogen) atoms. The van der Waals surface area contributed by atoms with Crippen LogP contribution in [0.5, 0.6) is 0 Å². The summed E-state index contributed by atoms with van der Waals surface area (Å²) in [7, 11) is 0. The standard InChI is InChI=1S/C8H17N/c1-4-8(3)6-9-5-7(8)2/h7,9H,4-6H2,1-3H3/t7-,8-/m0/s1. The molecule has 0 radical (unpaired) electrons. The van der Waals surface area contributed by atoms with Crippen molar-refractivity contribution in [1.29, 1.82) is 0 Å². The van der Waals surface area contributed by atoms with Crippen LogP contribution in [-0.4, -0.2) is 13.1 Å². The molecule has 1 aliphatic heterocycles. The van der Waals surface area contributed by atoms with Gasteiger partial charge >= 0.3 is 0 Å². The van der Waals surface area contributed by atoms with E-state index in [1.54, 1.807) is 0 Å². The normalized spacial score (nSPS) is 43.7. The van der Waals surface area contributed by atoms with Gasteiger partial charge in [-0.1, -0.05) is 20.8 Å². The SMILES string of the molecule is CC[C@@]1(C)CNC[C@@H]1C. The molecule has 0 aromatic heterocycles. The quantitative estimate of drug-likeness (QED) is 0.564. The molecule has 1 nitrogen and oxygen atoms in total. The minimum absolute atomic E-state index is 0.583. The number of hydrogen-bond acceptors (Lipinski definition) is 1. The molecule has 0 spiro atoms. The van der Waals surface area contributed by atoms with Gasteiger partial charge < -0.3 is 5.32 Å². The Morgan fingerprint density at radius 3 is 2.56 bits per heavy atom. The highest BCUT2D eigenvalue weighted by molar-refractivity contribution is 4.87. The lowest BCUT2D eigenvalue weighted by Gasteiger charge is -2.25. The van der Waals surface area contributed by atoms with Gasteiger partial charge in [0.1, 0.15) is 0 Å². The van der Waals surface area contributed by atoms with E-state index in [4.69, 9.17) is 0 Å². The third kappa shape index (κ3) is 1.11. The Morgan fingerprint density at radius 1 is 1.67 bits per heavy atom. The summed E-state index contributed by atoms with van der Waals surface area (Å²) < 4.78 is 0. The van der Waals surface area contributed by atoms with Crippen molar-refractivity contribution in [3.05, 3.63) is 0 Å². The van der Waals surface area contributed by atoms with E-state index in [2.05, 4.69) is 26.1 Å². The van der Waals surface area contributed by atoms with Crippen LogP contribution >= 0.6 is 0 Å². The predicted molar refractivity (Wildman–Crippen MR) is 40.4 cm³/mol.